The van der Waals surface area contributed by atoms with Crippen molar-refractivity contribution in [2.75, 3.05) is 39.5 Å². The monoisotopic (exact) mass is 499 g/mol. The Morgan fingerprint density at radius 3 is 2.67 bits per heavy atom. The van der Waals surface area contributed by atoms with E-state index in [4.69, 9.17) is 24.0 Å². The first-order valence-electron chi connectivity index (χ1n) is 14.7. The molecule has 0 radical (unpaired) electrons. The van der Waals surface area contributed by atoms with Crippen LogP contribution in [0.25, 0.3) is 0 Å². The van der Waals surface area contributed by atoms with Gasteiger partial charge in [0, 0.05) is 44.3 Å². The molecule has 2 spiro atoms. The van der Waals surface area contributed by atoms with Gasteiger partial charge in [-0.25, -0.2) is 0 Å². The second-order valence-electron chi connectivity index (χ2n) is 12.3. The van der Waals surface area contributed by atoms with Crippen LogP contribution in [-0.4, -0.2) is 55.9 Å². The molecule has 5 aliphatic rings. The quantitative estimate of drug-likeness (QED) is 0.454. The maximum Gasteiger partial charge on any atom is 0.210 e. The first kappa shape index (κ1) is 25.1. The highest BCUT2D eigenvalue weighted by Crippen LogP contribution is 2.59. The maximum absolute atomic E-state index is 7.06. The van der Waals surface area contributed by atoms with Crippen LogP contribution in [0.1, 0.15) is 83.1 Å². The van der Waals surface area contributed by atoms with Crippen LogP contribution in [0.2, 0.25) is 0 Å². The Hall–Kier alpha value is -1.18. The van der Waals surface area contributed by atoms with Crippen LogP contribution in [0.3, 0.4) is 0 Å². The molecule has 2 heterocycles. The van der Waals surface area contributed by atoms with Crippen molar-refractivity contribution in [3.63, 3.8) is 0 Å². The zero-order valence-electron chi connectivity index (χ0n) is 22.3. The zero-order chi connectivity index (χ0) is 24.6. The highest BCUT2D eigenvalue weighted by atomic mass is 17.3. The molecule has 7 unspecified atom stereocenters. The predicted octanol–water partition coefficient (Wildman–Crippen LogP) is 5.91. The molecular formula is C30H45NO5. The van der Waals surface area contributed by atoms with E-state index in [9.17, 15) is 0 Å². The summed E-state index contributed by atoms with van der Waals surface area (Å²) in [4.78, 5) is 15.0. The fourth-order valence-corrected chi connectivity index (χ4v) is 7.99. The Labute approximate surface area is 216 Å². The average Bonchev–Trinajstić information content (AvgIpc) is 3.26. The third-order valence-electron chi connectivity index (χ3n) is 9.76. The van der Waals surface area contributed by atoms with E-state index in [1.807, 2.05) is 0 Å². The van der Waals surface area contributed by atoms with Gasteiger partial charge in [-0.15, -0.1) is 0 Å². The first-order valence-corrected chi connectivity index (χ1v) is 14.7. The number of ether oxygens (including phenoxy) is 3. The molecular weight excluding hydrogens is 454 g/mol. The van der Waals surface area contributed by atoms with Crippen LogP contribution in [0, 0.1) is 23.7 Å². The van der Waals surface area contributed by atoms with Crippen LogP contribution >= 0.6 is 0 Å². The van der Waals surface area contributed by atoms with Crippen LogP contribution < -0.4 is 4.74 Å². The average molecular weight is 500 g/mol. The Bertz CT molecular complexity index is 871. The lowest BCUT2D eigenvalue weighted by Gasteiger charge is -2.51. The van der Waals surface area contributed by atoms with Crippen molar-refractivity contribution in [2.24, 2.45) is 23.7 Å². The van der Waals surface area contributed by atoms with Crippen molar-refractivity contribution in [1.82, 2.24) is 4.90 Å². The van der Waals surface area contributed by atoms with Gasteiger partial charge in [0.05, 0.1) is 13.2 Å². The largest absolute Gasteiger partial charge is 0.492 e. The summed E-state index contributed by atoms with van der Waals surface area (Å²) in [5, 5.41) is 0. The first-order chi connectivity index (χ1) is 17.6. The van der Waals surface area contributed by atoms with Crippen molar-refractivity contribution in [3.05, 3.63) is 29.8 Å². The summed E-state index contributed by atoms with van der Waals surface area (Å²) in [6.45, 7) is 10.0. The summed E-state index contributed by atoms with van der Waals surface area (Å²) in [7, 11) is 0. The highest BCUT2D eigenvalue weighted by molar-refractivity contribution is 5.30. The molecule has 2 saturated heterocycles. The summed E-state index contributed by atoms with van der Waals surface area (Å²) >= 11 is 0. The zero-order valence-corrected chi connectivity index (χ0v) is 22.3. The molecule has 2 bridgehead atoms. The number of hydrogen-bond acceptors (Lipinski definition) is 6. The molecule has 0 amide bonds. The molecule has 7 atom stereocenters. The molecule has 1 aromatic carbocycles. The summed E-state index contributed by atoms with van der Waals surface area (Å²) < 4.78 is 18.5. The van der Waals surface area contributed by atoms with Gasteiger partial charge in [0.2, 0.25) is 11.6 Å². The van der Waals surface area contributed by atoms with Crippen molar-refractivity contribution in [2.45, 2.75) is 89.1 Å². The fourth-order valence-electron chi connectivity index (χ4n) is 7.99. The van der Waals surface area contributed by atoms with Gasteiger partial charge in [-0.3, -0.25) is 4.90 Å². The number of nitrogens with zero attached hydrogens (tertiary/aromatic N) is 1. The fraction of sp³-hybridized carbons (Fsp3) is 0.800. The third kappa shape index (κ3) is 4.96. The number of benzene rings is 1. The lowest BCUT2D eigenvalue weighted by Crippen LogP contribution is -2.55. The number of hydrogen-bond donors (Lipinski definition) is 0. The normalized spacial score (nSPS) is 41.1. The topological polar surface area (TPSA) is 49.4 Å². The van der Waals surface area contributed by atoms with E-state index in [1.165, 1.54) is 37.7 Å². The van der Waals surface area contributed by atoms with Crippen molar-refractivity contribution in [3.8, 4) is 5.75 Å². The molecule has 6 rings (SSSR count). The van der Waals surface area contributed by atoms with E-state index in [-0.39, 0.29) is 0 Å². The summed E-state index contributed by atoms with van der Waals surface area (Å²) in [5.74, 6) is 2.69. The molecule has 0 aromatic heterocycles. The summed E-state index contributed by atoms with van der Waals surface area (Å²) in [6, 6.07) is 8.73. The molecule has 3 saturated carbocycles. The van der Waals surface area contributed by atoms with E-state index in [0.717, 1.165) is 76.1 Å². The minimum Gasteiger partial charge on any atom is -0.492 e. The molecule has 6 nitrogen and oxygen atoms in total. The van der Waals surface area contributed by atoms with Crippen LogP contribution in [0.5, 0.6) is 5.75 Å². The van der Waals surface area contributed by atoms with Gasteiger partial charge in [0.15, 0.2) is 0 Å². The van der Waals surface area contributed by atoms with E-state index in [0.29, 0.717) is 24.4 Å². The summed E-state index contributed by atoms with van der Waals surface area (Å²) in [6.07, 6.45) is 10.2. The van der Waals surface area contributed by atoms with Gasteiger partial charge >= 0.3 is 0 Å². The van der Waals surface area contributed by atoms with Gasteiger partial charge in [-0.1, -0.05) is 26.0 Å². The van der Waals surface area contributed by atoms with Crippen LogP contribution in [0.15, 0.2) is 24.3 Å². The molecule has 36 heavy (non-hydrogen) atoms. The second-order valence-corrected chi connectivity index (χ2v) is 12.3. The number of morpholine rings is 1. The van der Waals surface area contributed by atoms with E-state index >= 15 is 0 Å². The smallest absolute Gasteiger partial charge is 0.210 e. The lowest BCUT2D eigenvalue weighted by molar-refractivity contribution is -0.382. The standard InChI is InChI=1S/C30H45NO5/c1-3-26-19-23-17-22(2)18-27(20-23)30(26)34-29(35-36-30)10-4-5-25(21-29)24-6-8-28(9-7-24)33-16-13-31-11-14-32-15-12-31/h6-9,22-23,25-27H,3-5,10-21H2,1-2H3. The minimum absolute atomic E-state index is 0.418. The van der Waals surface area contributed by atoms with E-state index < -0.39 is 11.6 Å². The SMILES string of the molecule is CCC1CC2CC(C)CC(C2)C12OOC1(CCCC(c3ccc(OCCN4CCOCC4)cc3)C1)O2. The van der Waals surface area contributed by atoms with Gasteiger partial charge in [0.1, 0.15) is 12.4 Å². The maximum atomic E-state index is 7.06. The van der Waals surface area contributed by atoms with E-state index in [2.05, 4.69) is 43.0 Å². The molecule has 0 N–H and O–H groups in total. The molecule has 2 aliphatic heterocycles. The molecule has 200 valence electrons. The van der Waals surface area contributed by atoms with Crippen molar-refractivity contribution < 1.29 is 24.0 Å². The Morgan fingerprint density at radius 2 is 1.86 bits per heavy atom. The molecule has 5 fully saturated rings. The Kier molecular flexibility index (Phi) is 7.35. The van der Waals surface area contributed by atoms with E-state index in [1.54, 1.807) is 0 Å². The second kappa shape index (κ2) is 10.5. The van der Waals surface area contributed by atoms with Crippen LogP contribution in [-0.2, 0) is 19.2 Å². The van der Waals surface area contributed by atoms with Gasteiger partial charge < -0.3 is 14.2 Å². The third-order valence-corrected chi connectivity index (χ3v) is 9.76. The minimum atomic E-state index is -0.600. The van der Waals surface area contributed by atoms with Crippen molar-refractivity contribution in [1.29, 1.82) is 0 Å². The van der Waals surface area contributed by atoms with Crippen LogP contribution in [0.4, 0.5) is 0 Å². The Morgan fingerprint density at radius 1 is 1.03 bits per heavy atom. The van der Waals surface area contributed by atoms with Gasteiger partial charge in [0.25, 0.3) is 0 Å². The predicted molar refractivity (Wildman–Crippen MR) is 138 cm³/mol. The lowest BCUT2D eigenvalue weighted by atomic mass is 9.61. The summed E-state index contributed by atoms with van der Waals surface area (Å²) in [5.41, 5.74) is 1.35. The van der Waals surface area contributed by atoms with Gasteiger partial charge in [-0.05, 0) is 80.4 Å². The van der Waals surface area contributed by atoms with Gasteiger partial charge in [-0.2, -0.15) is 9.78 Å². The van der Waals surface area contributed by atoms with Crippen molar-refractivity contribution >= 4 is 0 Å². The molecule has 1 aromatic rings. The highest BCUT2D eigenvalue weighted by Gasteiger charge is 2.63. The number of rotatable bonds is 6. The number of fused-ring (bicyclic) bond motifs is 3. The molecule has 3 aliphatic carbocycles. The molecule has 6 heteroatoms. The Balaban J connectivity index is 1.09.